The lowest BCUT2D eigenvalue weighted by molar-refractivity contribution is -0.0605. The molecule has 2 aliphatic heterocycles. The van der Waals surface area contributed by atoms with Crippen molar-refractivity contribution in [2.45, 2.75) is 76.5 Å². The maximum absolute atomic E-state index is 11.7. The zero-order chi connectivity index (χ0) is 17.9. The molecule has 2 saturated heterocycles. The van der Waals surface area contributed by atoms with Crippen molar-refractivity contribution in [1.82, 2.24) is 10.6 Å². The second-order valence-electron chi connectivity index (χ2n) is 8.53. The van der Waals surface area contributed by atoms with Gasteiger partial charge in [0.2, 0.25) is 0 Å². The van der Waals surface area contributed by atoms with Gasteiger partial charge in [0.15, 0.2) is 15.8 Å². The summed E-state index contributed by atoms with van der Waals surface area (Å²) in [7, 11) is -2.83. The number of ether oxygens (including phenoxy) is 1. The molecule has 2 heterocycles. The van der Waals surface area contributed by atoms with Crippen LogP contribution in [0.5, 0.6) is 0 Å². The van der Waals surface area contributed by atoms with Gasteiger partial charge in [0.25, 0.3) is 0 Å². The molecule has 3 rings (SSSR count). The lowest BCUT2D eigenvalue weighted by Crippen LogP contribution is -2.51. The third-order valence-corrected chi connectivity index (χ3v) is 7.41. The van der Waals surface area contributed by atoms with E-state index in [-0.39, 0.29) is 17.3 Å². The van der Waals surface area contributed by atoms with Crippen molar-refractivity contribution < 1.29 is 13.2 Å². The molecule has 6 nitrogen and oxygen atoms in total. The molecule has 3 aliphatic rings. The maximum atomic E-state index is 11.7. The summed E-state index contributed by atoms with van der Waals surface area (Å²) in [6.45, 7) is 5.62. The first-order chi connectivity index (χ1) is 11.8. The highest BCUT2D eigenvalue weighted by Crippen LogP contribution is 2.24. The summed E-state index contributed by atoms with van der Waals surface area (Å²) in [5, 5.41) is 7.18. The van der Waals surface area contributed by atoms with Gasteiger partial charge in [-0.3, -0.25) is 4.99 Å². The molecule has 0 aromatic carbocycles. The highest BCUT2D eigenvalue weighted by atomic mass is 32.2. The number of rotatable bonds is 4. The smallest absolute Gasteiger partial charge is 0.191 e. The zero-order valence-electron chi connectivity index (χ0n) is 15.6. The third kappa shape index (κ3) is 5.84. The van der Waals surface area contributed by atoms with E-state index in [1.807, 2.05) is 0 Å². The van der Waals surface area contributed by atoms with Gasteiger partial charge in [-0.15, -0.1) is 0 Å². The molecule has 0 aromatic heterocycles. The Balaban J connectivity index is 1.61. The number of hydrogen-bond donors (Lipinski definition) is 2. The fourth-order valence-corrected chi connectivity index (χ4v) is 6.03. The first-order valence-electron chi connectivity index (χ1n) is 9.73. The summed E-state index contributed by atoms with van der Waals surface area (Å²) < 4.78 is 29.1. The largest absolute Gasteiger partial charge is 0.375 e. The van der Waals surface area contributed by atoms with Gasteiger partial charge in [0.1, 0.15) is 0 Å². The summed E-state index contributed by atoms with van der Waals surface area (Å²) in [5.41, 5.74) is -0.103. The van der Waals surface area contributed by atoms with Gasteiger partial charge in [-0.25, -0.2) is 8.42 Å². The maximum Gasteiger partial charge on any atom is 0.191 e. The second kappa shape index (κ2) is 7.82. The first-order valence-corrected chi connectivity index (χ1v) is 11.6. The fourth-order valence-electron chi connectivity index (χ4n) is 4.18. The van der Waals surface area contributed by atoms with E-state index in [1.165, 1.54) is 25.7 Å². The van der Waals surface area contributed by atoms with Crippen molar-refractivity contribution in [3.63, 3.8) is 0 Å². The van der Waals surface area contributed by atoms with Crippen LogP contribution in [-0.2, 0) is 14.6 Å². The highest BCUT2D eigenvalue weighted by Gasteiger charge is 2.31. The zero-order valence-corrected chi connectivity index (χ0v) is 16.4. The molecule has 0 aromatic rings. The molecule has 0 bridgehead atoms. The van der Waals surface area contributed by atoms with Gasteiger partial charge in [0, 0.05) is 25.2 Å². The molecule has 2 unspecified atom stereocenters. The van der Waals surface area contributed by atoms with Gasteiger partial charge in [-0.1, -0.05) is 12.8 Å². The van der Waals surface area contributed by atoms with Crippen molar-refractivity contribution in [1.29, 1.82) is 0 Å². The Morgan fingerprint density at radius 3 is 2.48 bits per heavy atom. The Morgan fingerprint density at radius 1 is 1.12 bits per heavy atom. The SMILES string of the molecule is CC1(C)CC(NC(=NCC2CCS(=O)(=O)C2)NC2CCCC2)CCO1. The van der Waals surface area contributed by atoms with Crippen LogP contribution in [0.1, 0.15) is 58.8 Å². The standard InChI is InChI=1S/C18H33N3O3S/c1-18(2)11-16(7-9-24-18)21-17(20-15-5-3-4-6-15)19-12-14-8-10-25(22,23)13-14/h14-16H,3-13H2,1-2H3,(H2,19,20,21). The van der Waals surface area contributed by atoms with E-state index >= 15 is 0 Å². The van der Waals surface area contributed by atoms with E-state index in [1.54, 1.807) is 0 Å². The van der Waals surface area contributed by atoms with Crippen molar-refractivity contribution in [2.75, 3.05) is 24.7 Å². The van der Waals surface area contributed by atoms with Crippen LogP contribution in [0, 0.1) is 5.92 Å². The molecule has 144 valence electrons. The van der Waals surface area contributed by atoms with E-state index in [0.29, 0.717) is 24.4 Å². The quantitative estimate of drug-likeness (QED) is 0.582. The van der Waals surface area contributed by atoms with Gasteiger partial charge < -0.3 is 15.4 Å². The van der Waals surface area contributed by atoms with Crippen LogP contribution < -0.4 is 10.6 Å². The average molecular weight is 372 g/mol. The monoisotopic (exact) mass is 371 g/mol. The number of nitrogens with zero attached hydrogens (tertiary/aromatic N) is 1. The van der Waals surface area contributed by atoms with E-state index in [0.717, 1.165) is 31.8 Å². The number of nitrogens with one attached hydrogen (secondary N) is 2. The van der Waals surface area contributed by atoms with Crippen molar-refractivity contribution in [2.24, 2.45) is 10.9 Å². The molecular weight excluding hydrogens is 338 g/mol. The minimum Gasteiger partial charge on any atom is -0.375 e. The van der Waals surface area contributed by atoms with Crippen LogP contribution in [0.4, 0.5) is 0 Å². The normalized spacial score (nSPS) is 32.6. The summed E-state index contributed by atoms with van der Waals surface area (Å²) in [6, 6.07) is 0.843. The van der Waals surface area contributed by atoms with Crippen molar-refractivity contribution in [3.8, 4) is 0 Å². The minimum absolute atomic E-state index is 0.103. The predicted molar refractivity (Wildman–Crippen MR) is 101 cm³/mol. The Kier molecular flexibility index (Phi) is 5.93. The molecule has 0 amide bonds. The number of hydrogen-bond acceptors (Lipinski definition) is 4. The molecule has 0 spiro atoms. The Morgan fingerprint density at radius 2 is 1.84 bits per heavy atom. The second-order valence-corrected chi connectivity index (χ2v) is 10.8. The van der Waals surface area contributed by atoms with Crippen LogP contribution in [0.2, 0.25) is 0 Å². The topological polar surface area (TPSA) is 79.8 Å². The van der Waals surface area contributed by atoms with Crippen LogP contribution in [0.15, 0.2) is 4.99 Å². The lowest BCUT2D eigenvalue weighted by atomic mass is 9.94. The average Bonchev–Trinajstić information content (AvgIpc) is 3.13. The van der Waals surface area contributed by atoms with Crippen LogP contribution in [0.3, 0.4) is 0 Å². The van der Waals surface area contributed by atoms with Crippen LogP contribution in [0.25, 0.3) is 0 Å². The van der Waals surface area contributed by atoms with Crippen molar-refractivity contribution in [3.05, 3.63) is 0 Å². The first kappa shape index (κ1) is 19.0. The number of guanidine groups is 1. The molecule has 3 fully saturated rings. The molecule has 1 aliphatic carbocycles. The summed E-state index contributed by atoms with van der Waals surface area (Å²) in [4.78, 5) is 4.77. The van der Waals surface area contributed by atoms with E-state index in [4.69, 9.17) is 9.73 Å². The minimum atomic E-state index is -2.83. The number of sulfone groups is 1. The molecule has 1 saturated carbocycles. The van der Waals surface area contributed by atoms with E-state index < -0.39 is 9.84 Å². The van der Waals surface area contributed by atoms with Crippen molar-refractivity contribution >= 4 is 15.8 Å². The summed E-state index contributed by atoms with van der Waals surface area (Å²) in [5.74, 6) is 1.63. The number of aliphatic imine (C=N–C) groups is 1. The van der Waals surface area contributed by atoms with Gasteiger partial charge in [0.05, 0.1) is 17.1 Å². The van der Waals surface area contributed by atoms with Gasteiger partial charge >= 0.3 is 0 Å². The van der Waals surface area contributed by atoms with E-state index in [2.05, 4.69) is 24.5 Å². The summed E-state index contributed by atoms with van der Waals surface area (Å²) in [6.07, 6.45) is 7.61. The lowest BCUT2D eigenvalue weighted by Gasteiger charge is -2.36. The fraction of sp³-hybridized carbons (Fsp3) is 0.944. The van der Waals surface area contributed by atoms with E-state index in [9.17, 15) is 8.42 Å². The molecule has 2 atom stereocenters. The Bertz CT molecular complexity index is 582. The predicted octanol–water partition coefficient (Wildman–Crippen LogP) is 1.86. The van der Waals surface area contributed by atoms with Crippen LogP contribution in [-0.4, -0.2) is 56.7 Å². The van der Waals surface area contributed by atoms with Crippen LogP contribution >= 0.6 is 0 Å². The van der Waals surface area contributed by atoms with Gasteiger partial charge in [-0.05, 0) is 51.9 Å². The Hall–Kier alpha value is -0.820. The molecule has 2 N–H and O–H groups in total. The van der Waals surface area contributed by atoms with Gasteiger partial charge in [-0.2, -0.15) is 0 Å². The Labute approximate surface area is 152 Å². The molecular formula is C18H33N3O3S. The third-order valence-electron chi connectivity index (χ3n) is 5.57. The summed E-state index contributed by atoms with van der Waals surface area (Å²) >= 11 is 0. The highest BCUT2D eigenvalue weighted by molar-refractivity contribution is 7.91. The molecule has 7 heteroatoms. The molecule has 25 heavy (non-hydrogen) atoms. The molecule has 0 radical (unpaired) electrons.